The third-order valence-corrected chi connectivity index (χ3v) is 23.1. The van der Waals surface area contributed by atoms with Crippen LogP contribution >= 0.6 is 15.6 Å². The first-order valence-electron chi connectivity index (χ1n) is 44.5. The molecule has 0 fully saturated rings. The maximum atomic E-state index is 13.1. The van der Waals surface area contributed by atoms with Crippen LogP contribution in [0.25, 0.3) is 0 Å². The van der Waals surface area contributed by atoms with E-state index in [1.807, 2.05) is 0 Å². The number of hydrogen-bond donors (Lipinski definition) is 3. The molecule has 0 aliphatic rings. The minimum atomic E-state index is -4.97. The highest BCUT2D eigenvalue weighted by Gasteiger charge is 2.31. The average molecular weight is 1540 g/mol. The van der Waals surface area contributed by atoms with Gasteiger partial charge in [0.25, 0.3) is 0 Å². The van der Waals surface area contributed by atoms with E-state index in [9.17, 15) is 43.2 Å². The molecule has 0 bridgehead atoms. The topological polar surface area (TPSA) is 237 Å². The Morgan fingerprint density at radius 1 is 0.267 bits per heavy atom. The first kappa shape index (κ1) is 103. The molecule has 0 heterocycles. The van der Waals surface area contributed by atoms with Crippen LogP contribution in [0.3, 0.4) is 0 Å². The van der Waals surface area contributed by atoms with Gasteiger partial charge in [0.2, 0.25) is 0 Å². The number of carbonyl (C=O) groups is 4. The molecule has 5 unspecified atom stereocenters. The number of aliphatic hydroxyl groups is 1. The summed E-state index contributed by atoms with van der Waals surface area (Å²) in [4.78, 5) is 73.0. The summed E-state index contributed by atoms with van der Waals surface area (Å²) < 4.78 is 68.7. The molecule has 8 atom stereocenters. The lowest BCUT2D eigenvalue weighted by Gasteiger charge is -2.21. The summed E-state index contributed by atoms with van der Waals surface area (Å²) in [7, 11) is -9.92. The van der Waals surface area contributed by atoms with E-state index in [1.165, 1.54) is 250 Å². The van der Waals surface area contributed by atoms with Gasteiger partial charge in [-0.25, -0.2) is 9.13 Å². The summed E-state index contributed by atoms with van der Waals surface area (Å²) in [6, 6.07) is 0. The van der Waals surface area contributed by atoms with Crippen LogP contribution in [-0.2, 0) is 65.4 Å². The second kappa shape index (κ2) is 76.1. The number of carbonyl (C=O) groups excluding carboxylic acids is 4. The van der Waals surface area contributed by atoms with Crippen LogP contribution in [0, 0.1) is 17.8 Å². The van der Waals surface area contributed by atoms with Crippen molar-refractivity contribution < 1.29 is 80.2 Å². The number of aliphatic hydroxyl groups excluding tert-OH is 1. The molecule has 3 N–H and O–H groups in total. The first-order chi connectivity index (χ1) is 50.8. The molecule has 0 rings (SSSR count). The van der Waals surface area contributed by atoms with Gasteiger partial charge in [-0.3, -0.25) is 37.3 Å². The molecule has 0 spiro atoms. The second-order valence-electron chi connectivity index (χ2n) is 31.7. The predicted octanol–water partition coefficient (Wildman–Crippen LogP) is 26.1. The molecule has 0 amide bonds. The second-order valence-corrected chi connectivity index (χ2v) is 34.6. The number of phosphoric ester groups is 2. The van der Waals surface area contributed by atoms with E-state index in [0.717, 1.165) is 120 Å². The third kappa shape index (κ3) is 75.9. The Hall–Kier alpha value is -1.94. The molecule has 0 saturated carbocycles. The molecule has 0 aliphatic carbocycles. The van der Waals surface area contributed by atoms with Crippen LogP contribution in [0.15, 0.2) is 0 Å². The zero-order valence-electron chi connectivity index (χ0n) is 69.2. The quantitative estimate of drug-likeness (QED) is 0.0222. The number of phosphoric acid groups is 2. The zero-order valence-corrected chi connectivity index (χ0v) is 71.0. The van der Waals surface area contributed by atoms with Crippen LogP contribution in [0.2, 0.25) is 0 Å². The molecule has 19 heteroatoms. The molecule has 105 heavy (non-hydrogen) atoms. The average Bonchev–Trinajstić information content (AvgIpc) is 0.905. The van der Waals surface area contributed by atoms with Crippen molar-refractivity contribution >= 4 is 39.5 Å². The molecular formula is C86H168O17P2. The summed E-state index contributed by atoms with van der Waals surface area (Å²) in [5, 5.41) is 10.6. The Morgan fingerprint density at radius 3 is 0.676 bits per heavy atom. The van der Waals surface area contributed by atoms with Crippen LogP contribution in [-0.4, -0.2) is 96.7 Å². The van der Waals surface area contributed by atoms with Gasteiger partial charge in [-0.05, 0) is 43.4 Å². The monoisotopic (exact) mass is 1540 g/mol. The largest absolute Gasteiger partial charge is 0.472 e. The maximum Gasteiger partial charge on any atom is 0.472 e. The van der Waals surface area contributed by atoms with Crippen LogP contribution in [0.5, 0.6) is 0 Å². The molecular weight excluding hydrogens is 1370 g/mol. The molecule has 0 aromatic carbocycles. The Morgan fingerprint density at radius 2 is 0.457 bits per heavy atom. The van der Waals surface area contributed by atoms with Gasteiger partial charge in [0, 0.05) is 25.7 Å². The number of rotatable bonds is 84. The Labute approximate surface area is 645 Å². The molecule has 624 valence electrons. The molecule has 17 nitrogen and oxygen atoms in total. The van der Waals surface area contributed by atoms with Crippen LogP contribution in [0.4, 0.5) is 0 Å². The number of hydrogen-bond acceptors (Lipinski definition) is 15. The zero-order chi connectivity index (χ0) is 77.2. The summed E-state index contributed by atoms with van der Waals surface area (Å²) in [6.07, 6.45) is 66.8. The van der Waals surface area contributed by atoms with Crippen molar-refractivity contribution in [2.75, 3.05) is 39.6 Å². The Bertz CT molecular complexity index is 2030. The Balaban J connectivity index is 5.16. The molecule has 0 aromatic heterocycles. The normalized spacial score (nSPS) is 14.6. The summed E-state index contributed by atoms with van der Waals surface area (Å²) in [6.45, 7) is 12.1. The van der Waals surface area contributed by atoms with Gasteiger partial charge in [-0.1, -0.05) is 402 Å². The first-order valence-corrected chi connectivity index (χ1v) is 47.5. The van der Waals surface area contributed by atoms with Gasteiger partial charge in [0.1, 0.15) is 19.3 Å². The van der Waals surface area contributed by atoms with Gasteiger partial charge in [0.05, 0.1) is 26.4 Å². The fourth-order valence-corrected chi connectivity index (χ4v) is 14.9. The van der Waals surface area contributed by atoms with Crippen molar-refractivity contribution in [1.29, 1.82) is 0 Å². The minimum absolute atomic E-state index is 0.106. The molecule has 0 radical (unpaired) electrons. The lowest BCUT2D eigenvalue weighted by atomic mass is 9.99. The summed E-state index contributed by atoms with van der Waals surface area (Å²) in [5.74, 6) is 0.437. The minimum Gasteiger partial charge on any atom is -0.462 e. The fraction of sp³-hybridized carbons (Fsp3) is 0.953. The van der Waals surface area contributed by atoms with Gasteiger partial charge in [-0.2, -0.15) is 0 Å². The lowest BCUT2D eigenvalue weighted by Crippen LogP contribution is -2.30. The van der Waals surface area contributed by atoms with Gasteiger partial charge in [-0.15, -0.1) is 0 Å². The predicted molar refractivity (Wildman–Crippen MR) is 432 cm³/mol. The third-order valence-electron chi connectivity index (χ3n) is 21.2. The smallest absolute Gasteiger partial charge is 0.462 e. The van der Waals surface area contributed by atoms with Crippen molar-refractivity contribution in [1.82, 2.24) is 0 Å². The van der Waals surface area contributed by atoms with Crippen molar-refractivity contribution in [2.45, 2.75) is 471 Å². The maximum absolute atomic E-state index is 13.1. The van der Waals surface area contributed by atoms with Crippen molar-refractivity contribution in [3.05, 3.63) is 0 Å². The highest BCUT2D eigenvalue weighted by Crippen LogP contribution is 2.45. The van der Waals surface area contributed by atoms with E-state index in [1.54, 1.807) is 0 Å². The van der Waals surface area contributed by atoms with Gasteiger partial charge < -0.3 is 33.8 Å². The highest BCUT2D eigenvalue weighted by atomic mass is 31.2. The number of ether oxygens (including phenoxy) is 4. The molecule has 0 aromatic rings. The van der Waals surface area contributed by atoms with E-state index in [2.05, 4.69) is 48.5 Å². The lowest BCUT2D eigenvalue weighted by molar-refractivity contribution is -0.161. The van der Waals surface area contributed by atoms with E-state index >= 15 is 0 Å². The standard InChI is InChI=1S/C86H168O17P2/c1-8-12-13-14-43-53-60-67-83(88)96-73-81(102-86(91)70-63-56-49-42-36-35-39-46-52-59-66-79(7)11-4)75-100-104(92,93)98-71-80(87)72-99-105(94,95)101-76-82(103-85(90)69-62-55-48-41-34-30-26-22-18-16-20-24-28-32-38-45-51-58-65-78(6)10-3)74-97-84(89)68-61-54-47-40-33-29-25-21-17-15-19-23-27-31-37-44-50-57-64-77(5)9-2/h77-82,87H,8-76H2,1-7H3,(H,92,93)(H,94,95)/t77?,78?,79?,80-,81+,82+/m0/s1. The van der Waals surface area contributed by atoms with Crippen LogP contribution in [0.1, 0.15) is 453 Å². The van der Waals surface area contributed by atoms with E-state index < -0.39 is 97.5 Å². The highest BCUT2D eigenvalue weighted by molar-refractivity contribution is 7.47. The van der Waals surface area contributed by atoms with Crippen molar-refractivity contribution in [3.63, 3.8) is 0 Å². The van der Waals surface area contributed by atoms with Gasteiger partial charge >= 0.3 is 39.5 Å². The molecule has 0 saturated heterocycles. The van der Waals surface area contributed by atoms with Gasteiger partial charge in [0.15, 0.2) is 12.2 Å². The summed E-state index contributed by atoms with van der Waals surface area (Å²) >= 11 is 0. The number of esters is 4. The fourth-order valence-electron chi connectivity index (χ4n) is 13.3. The van der Waals surface area contributed by atoms with Crippen LogP contribution < -0.4 is 0 Å². The van der Waals surface area contributed by atoms with Crippen molar-refractivity contribution in [3.8, 4) is 0 Å². The van der Waals surface area contributed by atoms with E-state index in [-0.39, 0.29) is 25.7 Å². The SMILES string of the molecule is CCCCCCCCCC(=O)OC[C@H](COP(=O)(O)OC[C@H](O)COP(=O)(O)OC[C@@H](COC(=O)CCCCCCCCCCCCCCCCCCCCC(C)CC)OC(=O)CCCCCCCCCCCCCCCCCCCCC(C)CC)OC(=O)CCCCCCCCCCCCC(C)CC. The number of unbranched alkanes of at least 4 members (excludes halogenated alkanes) is 49. The van der Waals surface area contributed by atoms with E-state index in [4.69, 9.17) is 37.0 Å². The van der Waals surface area contributed by atoms with Crippen molar-refractivity contribution in [2.24, 2.45) is 17.8 Å². The Kier molecular flexibility index (Phi) is 74.7. The molecule has 0 aliphatic heterocycles. The summed E-state index contributed by atoms with van der Waals surface area (Å²) in [5.41, 5.74) is 0. The van der Waals surface area contributed by atoms with E-state index in [0.29, 0.717) is 25.7 Å².